The van der Waals surface area contributed by atoms with Crippen LogP contribution in [0.1, 0.15) is 53.9 Å². The first-order valence-corrected chi connectivity index (χ1v) is 9.03. The predicted octanol–water partition coefficient (Wildman–Crippen LogP) is 2.77. The molecule has 0 bridgehead atoms. The lowest BCUT2D eigenvalue weighted by atomic mass is 9.44. The average Bonchev–Trinajstić information content (AvgIpc) is 2.49. The van der Waals surface area contributed by atoms with Crippen molar-refractivity contribution in [3.05, 3.63) is 12.7 Å². The van der Waals surface area contributed by atoms with Gasteiger partial charge in [-0.3, -0.25) is 9.59 Å². The lowest BCUT2D eigenvalue weighted by Gasteiger charge is -2.60. The highest BCUT2D eigenvalue weighted by molar-refractivity contribution is 5.92. The van der Waals surface area contributed by atoms with E-state index in [1.807, 2.05) is 27.7 Å². The van der Waals surface area contributed by atoms with Gasteiger partial charge in [0.1, 0.15) is 11.9 Å². The molecule has 0 saturated heterocycles. The van der Waals surface area contributed by atoms with E-state index in [0.29, 0.717) is 19.3 Å². The molecule has 0 radical (unpaired) electrons. The summed E-state index contributed by atoms with van der Waals surface area (Å²) in [6.45, 7) is 13.3. The third-order valence-corrected chi connectivity index (χ3v) is 6.73. The van der Waals surface area contributed by atoms with E-state index >= 15 is 0 Å². The molecule has 2 saturated carbocycles. The summed E-state index contributed by atoms with van der Waals surface area (Å²) in [5.41, 5.74) is -1.16. The molecular weight excluding hydrogens is 304 g/mol. The van der Waals surface area contributed by atoms with Gasteiger partial charge in [0.2, 0.25) is 0 Å². The number of allylic oxidation sites excluding steroid dienone is 1. The van der Waals surface area contributed by atoms with Gasteiger partial charge in [-0.1, -0.05) is 40.7 Å². The zero-order chi connectivity index (χ0) is 18.4. The van der Waals surface area contributed by atoms with Crippen LogP contribution in [0.3, 0.4) is 0 Å². The maximum Gasteiger partial charge on any atom is 0.165 e. The number of carbonyl (C=O) groups excluding carboxylic acids is 2. The normalized spacial score (nSPS) is 43.0. The summed E-state index contributed by atoms with van der Waals surface area (Å²) in [5.74, 6) is -1.66. The highest BCUT2D eigenvalue weighted by Crippen LogP contribution is 2.60. The molecule has 0 aromatic heterocycles. The number of aliphatic hydroxyl groups excluding tert-OH is 2. The topological polar surface area (TPSA) is 74.6 Å². The highest BCUT2D eigenvalue weighted by Gasteiger charge is 2.65. The number of rotatable bonds is 4. The molecule has 4 heteroatoms. The number of carbonyl (C=O) groups is 2. The smallest absolute Gasteiger partial charge is 0.165 e. The first-order valence-electron chi connectivity index (χ1n) is 9.03. The Morgan fingerprint density at radius 3 is 2.50 bits per heavy atom. The molecule has 4 nitrogen and oxygen atoms in total. The Labute approximate surface area is 145 Å². The average molecular weight is 336 g/mol. The van der Waals surface area contributed by atoms with Gasteiger partial charge in [-0.15, -0.1) is 6.58 Å². The number of Topliss-reactive ketones (excluding diaryl/α,β-unsaturated/α-hetero) is 2. The number of ketones is 2. The number of hydrogen-bond donors (Lipinski definition) is 2. The van der Waals surface area contributed by atoms with E-state index in [2.05, 4.69) is 6.58 Å². The Morgan fingerprint density at radius 1 is 1.38 bits per heavy atom. The van der Waals surface area contributed by atoms with Gasteiger partial charge in [-0.05, 0) is 30.1 Å². The van der Waals surface area contributed by atoms with Crippen LogP contribution in [0.25, 0.3) is 0 Å². The molecule has 0 aromatic carbocycles. The van der Waals surface area contributed by atoms with Crippen LogP contribution in [0.2, 0.25) is 0 Å². The molecule has 2 rings (SSSR count). The molecule has 0 spiro atoms. The van der Waals surface area contributed by atoms with Crippen molar-refractivity contribution in [2.45, 2.75) is 66.1 Å². The maximum absolute atomic E-state index is 13.1. The van der Waals surface area contributed by atoms with Crippen molar-refractivity contribution in [2.75, 3.05) is 0 Å². The summed E-state index contributed by atoms with van der Waals surface area (Å²) in [7, 11) is 0. The second kappa shape index (κ2) is 6.38. The van der Waals surface area contributed by atoms with Crippen LogP contribution in [0.15, 0.2) is 12.7 Å². The first kappa shape index (κ1) is 19.3. The molecular formula is C20H32O4. The van der Waals surface area contributed by atoms with Gasteiger partial charge >= 0.3 is 0 Å². The van der Waals surface area contributed by atoms with E-state index in [0.717, 1.165) is 0 Å². The highest BCUT2D eigenvalue weighted by atomic mass is 16.3. The minimum absolute atomic E-state index is 0.0192. The lowest BCUT2D eigenvalue weighted by Crippen LogP contribution is -2.66. The first-order chi connectivity index (χ1) is 11.0. The van der Waals surface area contributed by atoms with Crippen LogP contribution < -0.4 is 0 Å². The number of fused-ring (bicyclic) bond motifs is 1. The van der Waals surface area contributed by atoms with Crippen LogP contribution in [0, 0.1) is 34.5 Å². The van der Waals surface area contributed by atoms with Gasteiger partial charge < -0.3 is 10.2 Å². The molecule has 0 aromatic rings. The van der Waals surface area contributed by atoms with Gasteiger partial charge in [-0.2, -0.15) is 0 Å². The molecule has 2 aliphatic rings. The monoisotopic (exact) mass is 336 g/mol. The van der Waals surface area contributed by atoms with Crippen molar-refractivity contribution in [1.29, 1.82) is 0 Å². The Bertz CT molecular complexity index is 538. The third-order valence-electron chi connectivity index (χ3n) is 6.73. The summed E-state index contributed by atoms with van der Waals surface area (Å²) in [4.78, 5) is 26.0. The van der Waals surface area contributed by atoms with E-state index in [4.69, 9.17) is 0 Å². The van der Waals surface area contributed by atoms with Crippen molar-refractivity contribution in [3.8, 4) is 0 Å². The molecule has 7 atom stereocenters. The Balaban J connectivity index is 2.53. The molecule has 0 amide bonds. The molecule has 0 unspecified atom stereocenters. The standard InChI is InChI=1S/C20H32O4/c1-7-11(2)10-13(21)15-12(3)16(23)17(24)18-19(4,5)9-8-14(22)20(15,18)6/h7,11-12,14-16,18,22-23H,1,8-10H2,2-6H3/t11-,12-,14-,15-,16+,18+,20-/m1/s1. The molecule has 2 fully saturated rings. The molecule has 2 aliphatic carbocycles. The second-order valence-electron chi connectivity index (χ2n) is 8.91. The number of hydrogen-bond acceptors (Lipinski definition) is 4. The van der Waals surface area contributed by atoms with Gasteiger partial charge in [0, 0.05) is 23.7 Å². The van der Waals surface area contributed by atoms with Gasteiger partial charge in [0.15, 0.2) is 5.78 Å². The van der Waals surface area contributed by atoms with Gasteiger partial charge in [-0.25, -0.2) is 0 Å². The number of aliphatic hydroxyl groups is 2. The third kappa shape index (κ3) is 2.78. The fourth-order valence-corrected chi connectivity index (χ4v) is 5.42. The van der Waals surface area contributed by atoms with Crippen LogP contribution in [0.5, 0.6) is 0 Å². The summed E-state index contributed by atoms with van der Waals surface area (Å²) in [5, 5.41) is 21.3. The van der Waals surface area contributed by atoms with Gasteiger partial charge in [0.05, 0.1) is 6.10 Å². The van der Waals surface area contributed by atoms with E-state index in [9.17, 15) is 19.8 Å². The van der Waals surface area contributed by atoms with Crippen molar-refractivity contribution >= 4 is 11.6 Å². The van der Waals surface area contributed by atoms with Gasteiger partial charge in [0.25, 0.3) is 0 Å². The summed E-state index contributed by atoms with van der Waals surface area (Å²) >= 11 is 0. The fourth-order valence-electron chi connectivity index (χ4n) is 5.42. The van der Waals surface area contributed by atoms with Crippen LogP contribution >= 0.6 is 0 Å². The fraction of sp³-hybridized carbons (Fsp3) is 0.800. The summed E-state index contributed by atoms with van der Waals surface area (Å²) < 4.78 is 0. The summed E-state index contributed by atoms with van der Waals surface area (Å²) in [6, 6.07) is 0. The van der Waals surface area contributed by atoms with E-state index in [1.165, 1.54) is 0 Å². The van der Waals surface area contributed by atoms with E-state index in [1.54, 1.807) is 13.0 Å². The van der Waals surface area contributed by atoms with Crippen LogP contribution in [-0.4, -0.2) is 34.0 Å². The quantitative estimate of drug-likeness (QED) is 0.774. The molecule has 136 valence electrons. The minimum Gasteiger partial charge on any atom is -0.393 e. The second-order valence-corrected chi connectivity index (χ2v) is 8.91. The SMILES string of the molecule is C=C[C@@H](C)CC(=O)[C@H]1[C@@H](C)[C@H](O)C(=O)[C@H]2C(C)(C)CC[C@@H](O)[C@]12C. The van der Waals surface area contributed by atoms with Crippen LogP contribution in [-0.2, 0) is 9.59 Å². The maximum atomic E-state index is 13.1. The van der Waals surface area contributed by atoms with E-state index < -0.39 is 35.4 Å². The minimum atomic E-state index is -1.14. The van der Waals surface area contributed by atoms with Crippen LogP contribution in [0.4, 0.5) is 0 Å². The molecule has 0 heterocycles. The summed E-state index contributed by atoms with van der Waals surface area (Å²) in [6.07, 6.45) is 1.52. The Morgan fingerprint density at radius 2 is 1.96 bits per heavy atom. The van der Waals surface area contributed by atoms with Crippen molar-refractivity contribution in [3.63, 3.8) is 0 Å². The largest absolute Gasteiger partial charge is 0.393 e. The predicted molar refractivity (Wildman–Crippen MR) is 93.3 cm³/mol. The molecule has 0 aliphatic heterocycles. The Hall–Kier alpha value is -1.00. The zero-order valence-corrected chi connectivity index (χ0v) is 15.6. The Kier molecular flexibility index (Phi) is 5.14. The van der Waals surface area contributed by atoms with Crippen molar-refractivity contribution in [2.24, 2.45) is 34.5 Å². The van der Waals surface area contributed by atoms with E-state index in [-0.39, 0.29) is 22.9 Å². The zero-order valence-electron chi connectivity index (χ0n) is 15.6. The lowest BCUT2D eigenvalue weighted by molar-refractivity contribution is -0.196. The molecule has 2 N–H and O–H groups in total. The van der Waals surface area contributed by atoms with Crippen molar-refractivity contribution in [1.82, 2.24) is 0 Å². The van der Waals surface area contributed by atoms with Crippen molar-refractivity contribution < 1.29 is 19.8 Å². The molecule has 24 heavy (non-hydrogen) atoms.